The lowest BCUT2D eigenvalue weighted by Gasteiger charge is -2.06. The van der Waals surface area contributed by atoms with Crippen molar-refractivity contribution in [3.8, 4) is 0 Å². The number of aromatic nitrogens is 2. The van der Waals surface area contributed by atoms with Crippen LogP contribution in [0.3, 0.4) is 0 Å². The molecule has 0 saturated carbocycles. The van der Waals surface area contributed by atoms with Gasteiger partial charge in [-0.05, 0) is 19.1 Å². The Morgan fingerprint density at radius 1 is 1.29 bits per heavy atom. The molecule has 0 fully saturated rings. The van der Waals surface area contributed by atoms with Crippen LogP contribution in [-0.2, 0) is 14.8 Å². The van der Waals surface area contributed by atoms with Crippen molar-refractivity contribution in [2.75, 3.05) is 11.9 Å². The first-order valence-electron chi connectivity index (χ1n) is 6.62. The molecule has 12 heteroatoms. The number of aryl methyl sites for hydroxylation is 1. The Kier molecular flexibility index (Phi) is 5.54. The standard InChI is InChI=1S/C12H13N5O5S2/c1-8-15-16-12(23-8)14-11(18)6-7-13-24(21,22)10-4-2-9(3-5-10)17(19)20/h2-5,13H,6-7H2,1H3,(H,14,16,18). The van der Waals surface area contributed by atoms with Crippen molar-refractivity contribution in [3.63, 3.8) is 0 Å². The maximum absolute atomic E-state index is 12.0. The van der Waals surface area contributed by atoms with E-state index in [0.717, 1.165) is 24.3 Å². The number of carbonyl (C=O) groups is 1. The molecule has 0 unspecified atom stereocenters. The average molecular weight is 371 g/mol. The van der Waals surface area contributed by atoms with Gasteiger partial charge in [0.2, 0.25) is 21.1 Å². The zero-order valence-electron chi connectivity index (χ0n) is 12.4. The fraction of sp³-hybridized carbons (Fsp3) is 0.250. The van der Waals surface area contributed by atoms with Gasteiger partial charge in [0, 0.05) is 25.1 Å². The fourth-order valence-electron chi connectivity index (χ4n) is 1.66. The fourth-order valence-corrected chi connectivity index (χ4v) is 3.30. The number of rotatable bonds is 7. The van der Waals surface area contributed by atoms with Gasteiger partial charge in [0.25, 0.3) is 5.69 Å². The molecule has 1 aromatic heterocycles. The Balaban J connectivity index is 1.88. The minimum atomic E-state index is -3.85. The predicted molar refractivity (Wildman–Crippen MR) is 86.2 cm³/mol. The second kappa shape index (κ2) is 7.42. The van der Waals surface area contributed by atoms with Gasteiger partial charge in [-0.1, -0.05) is 11.3 Å². The summed E-state index contributed by atoms with van der Waals surface area (Å²) in [6.07, 6.45) is -0.0924. The van der Waals surface area contributed by atoms with Gasteiger partial charge in [0.05, 0.1) is 9.82 Å². The number of nitro benzene ring substituents is 1. The van der Waals surface area contributed by atoms with Crippen LogP contribution in [0.15, 0.2) is 29.2 Å². The van der Waals surface area contributed by atoms with Gasteiger partial charge in [-0.3, -0.25) is 14.9 Å². The number of nitrogens with one attached hydrogen (secondary N) is 2. The van der Waals surface area contributed by atoms with E-state index in [1.54, 1.807) is 6.92 Å². The molecule has 10 nitrogen and oxygen atoms in total. The number of anilines is 1. The zero-order chi connectivity index (χ0) is 17.7. The molecule has 0 atom stereocenters. The molecule has 0 saturated heterocycles. The number of nitro groups is 1. The van der Waals surface area contributed by atoms with E-state index < -0.39 is 20.9 Å². The molecule has 0 bridgehead atoms. The highest BCUT2D eigenvalue weighted by atomic mass is 32.2. The molecule has 0 radical (unpaired) electrons. The number of carbonyl (C=O) groups excluding carboxylic acids is 1. The Morgan fingerprint density at radius 3 is 2.50 bits per heavy atom. The highest BCUT2D eigenvalue weighted by molar-refractivity contribution is 7.89. The summed E-state index contributed by atoms with van der Waals surface area (Å²) in [6.45, 7) is 1.62. The highest BCUT2D eigenvalue weighted by Crippen LogP contribution is 2.16. The number of amides is 1. The third-order valence-corrected chi connectivity index (χ3v) is 5.01. The van der Waals surface area contributed by atoms with Crippen molar-refractivity contribution in [3.05, 3.63) is 39.4 Å². The maximum Gasteiger partial charge on any atom is 0.269 e. The molecule has 1 aromatic carbocycles. The first kappa shape index (κ1) is 17.9. The minimum Gasteiger partial charge on any atom is -0.300 e. The molecule has 2 rings (SSSR count). The van der Waals surface area contributed by atoms with E-state index in [-0.39, 0.29) is 23.5 Å². The molecule has 0 aliphatic rings. The van der Waals surface area contributed by atoms with Gasteiger partial charge in [-0.25, -0.2) is 13.1 Å². The monoisotopic (exact) mass is 371 g/mol. The topological polar surface area (TPSA) is 144 Å². The van der Waals surface area contributed by atoms with Crippen LogP contribution in [-0.4, -0.2) is 36.0 Å². The van der Waals surface area contributed by atoms with Crippen molar-refractivity contribution < 1.29 is 18.1 Å². The van der Waals surface area contributed by atoms with Gasteiger partial charge < -0.3 is 5.32 Å². The second-order valence-electron chi connectivity index (χ2n) is 4.57. The van der Waals surface area contributed by atoms with Crippen LogP contribution in [0.1, 0.15) is 11.4 Å². The van der Waals surface area contributed by atoms with Crippen LogP contribution in [0.2, 0.25) is 0 Å². The average Bonchev–Trinajstić information content (AvgIpc) is 2.92. The lowest BCUT2D eigenvalue weighted by atomic mass is 10.3. The van der Waals surface area contributed by atoms with Gasteiger partial charge in [-0.2, -0.15) is 0 Å². The third-order valence-electron chi connectivity index (χ3n) is 2.77. The summed E-state index contributed by atoms with van der Waals surface area (Å²) in [5, 5.41) is 21.6. The van der Waals surface area contributed by atoms with E-state index in [4.69, 9.17) is 0 Å². The summed E-state index contributed by atoms with van der Waals surface area (Å²) in [6, 6.07) is 4.45. The molecule has 24 heavy (non-hydrogen) atoms. The number of sulfonamides is 1. The van der Waals surface area contributed by atoms with Crippen LogP contribution in [0.4, 0.5) is 10.8 Å². The van der Waals surface area contributed by atoms with Crippen LogP contribution in [0.5, 0.6) is 0 Å². The van der Waals surface area contributed by atoms with Crippen molar-refractivity contribution in [1.82, 2.24) is 14.9 Å². The zero-order valence-corrected chi connectivity index (χ0v) is 14.1. The first-order valence-corrected chi connectivity index (χ1v) is 8.92. The van der Waals surface area contributed by atoms with Gasteiger partial charge >= 0.3 is 0 Å². The smallest absolute Gasteiger partial charge is 0.269 e. The molecule has 2 aromatic rings. The molecular weight excluding hydrogens is 358 g/mol. The number of benzene rings is 1. The van der Waals surface area contributed by atoms with Crippen LogP contribution < -0.4 is 10.0 Å². The molecule has 2 N–H and O–H groups in total. The van der Waals surface area contributed by atoms with Crippen molar-refractivity contribution in [1.29, 1.82) is 0 Å². The number of nitrogens with zero attached hydrogens (tertiary/aromatic N) is 3. The van der Waals surface area contributed by atoms with Gasteiger partial charge in [0.15, 0.2) is 0 Å². The Hall–Kier alpha value is -2.44. The van der Waals surface area contributed by atoms with E-state index in [2.05, 4.69) is 20.2 Å². The predicted octanol–water partition coefficient (Wildman–Crippen LogP) is 1.06. The Bertz CT molecular complexity index is 847. The maximum atomic E-state index is 12.0. The van der Waals surface area contributed by atoms with Crippen molar-refractivity contribution >= 4 is 38.1 Å². The van der Waals surface area contributed by atoms with E-state index in [1.165, 1.54) is 11.3 Å². The van der Waals surface area contributed by atoms with Crippen LogP contribution in [0.25, 0.3) is 0 Å². The summed E-state index contributed by atoms with van der Waals surface area (Å²) < 4.78 is 26.3. The first-order chi connectivity index (χ1) is 11.3. The molecule has 1 amide bonds. The Labute approximate surface area is 141 Å². The van der Waals surface area contributed by atoms with Crippen LogP contribution in [0, 0.1) is 17.0 Å². The number of hydrogen-bond donors (Lipinski definition) is 2. The van der Waals surface area contributed by atoms with E-state index in [9.17, 15) is 23.3 Å². The Morgan fingerprint density at radius 2 is 1.96 bits per heavy atom. The number of hydrogen-bond acceptors (Lipinski definition) is 8. The van der Waals surface area contributed by atoms with Gasteiger partial charge in [-0.15, -0.1) is 10.2 Å². The van der Waals surface area contributed by atoms with E-state index >= 15 is 0 Å². The van der Waals surface area contributed by atoms with Crippen LogP contribution >= 0.6 is 11.3 Å². The molecule has 0 aliphatic carbocycles. The molecule has 128 valence electrons. The second-order valence-corrected chi connectivity index (χ2v) is 7.52. The highest BCUT2D eigenvalue weighted by Gasteiger charge is 2.16. The summed E-state index contributed by atoms with van der Waals surface area (Å²) >= 11 is 1.21. The molecule has 0 aliphatic heterocycles. The summed E-state index contributed by atoms with van der Waals surface area (Å²) in [5.41, 5.74) is -0.208. The van der Waals surface area contributed by atoms with Gasteiger partial charge in [0.1, 0.15) is 5.01 Å². The summed E-state index contributed by atoms with van der Waals surface area (Å²) in [5.74, 6) is -0.405. The normalized spacial score (nSPS) is 11.2. The largest absolute Gasteiger partial charge is 0.300 e. The molecular formula is C12H13N5O5S2. The van der Waals surface area contributed by atoms with E-state index in [1.807, 2.05) is 0 Å². The van der Waals surface area contributed by atoms with E-state index in [0.29, 0.717) is 10.1 Å². The summed E-state index contributed by atoms with van der Waals surface area (Å²) in [4.78, 5) is 21.5. The van der Waals surface area contributed by atoms with Crippen molar-refractivity contribution in [2.45, 2.75) is 18.2 Å². The quantitative estimate of drug-likeness (QED) is 0.547. The summed E-state index contributed by atoms with van der Waals surface area (Å²) in [7, 11) is -3.85. The number of non-ortho nitro benzene ring substituents is 1. The third kappa shape index (κ3) is 4.78. The lowest BCUT2D eigenvalue weighted by Crippen LogP contribution is -2.27. The molecule has 0 spiro atoms. The lowest BCUT2D eigenvalue weighted by molar-refractivity contribution is -0.384. The minimum absolute atomic E-state index is 0.0924. The SMILES string of the molecule is Cc1nnc(NC(=O)CCNS(=O)(=O)c2ccc([N+](=O)[O-])cc2)s1. The van der Waals surface area contributed by atoms with Crippen molar-refractivity contribution in [2.24, 2.45) is 0 Å². The molecule has 1 heterocycles.